The van der Waals surface area contributed by atoms with E-state index in [0.29, 0.717) is 13.1 Å². The number of fused-ring (bicyclic) bond motifs is 1. The fourth-order valence-electron chi connectivity index (χ4n) is 4.32. The van der Waals surface area contributed by atoms with Crippen molar-refractivity contribution < 1.29 is 9.53 Å². The molecule has 3 aromatic rings. The van der Waals surface area contributed by atoms with Gasteiger partial charge in [-0.1, -0.05) is 49.4 Å². The van der Waals surface area contributed by atoms with Crippen LogP contribution in [0.15, 0.2) is 54.6 Å². The molecule has 0 saturated carbocycles. The highest BCUT2D eigenvalue weighted by Gasteiger charge is 2.35. The Kier molecular flexibility index (Phi) is 6.09. The van der Waals surface area contributed by atoms with Gasteiger partial charge in [-0.2, -0.15) is 0 Å². The van der Waals surface area contributed by atoms with Crippen LogP contribution in [0.3, 0.4) is 0 Å². The Morgan fingerprint density at radius 1 is 1.17 bits per heavy atom. The van der Waals surface area contributed by atoms with E-state index in [9.17, 15) is 4.79 Å². The maximum absolute atomic E-state index is 13.2. The Hall–Kier alpha value is -2.79. The normalized spacial score (nSPS) is 15.6. The monoisotopic (exact) mass is 420 g/mol. The van der Waals surface area contributed by atoms with Crippen molar-refractivity contribution in [1.29, 1.82) is 0 Å². The van der Waals surface area contributed by atoms with E-state index < -0.39 is 0 Å². The van der Waals surface area contributed by atoms with Crippen molar-refractivity contribution in [1.82, 2.24) is 10.2 Å². The number of carbonyl (C=O) groups excluding carboxylic acids is 1. The number of hydrogen-bond donors (Lipinski definition) is 1. The lowest BCUT2D eigenvalue weighted by atomic mass is 9.92. The van der Waals surface area contributed by atoms with Crippen LogP contribution in [0.2, 0.25) is 0 Å². The Labute approximate surface area is 182 Å². The van der Waals surface area contributed by atoms with Crippen molar-refractivity contribution in [2.75, 3.05) is 13.7 Å². The Balaban J connectivity index is 1.66. The van der Waals surface area contributed by atoms with E-state index in [-0.39, 0.29) is 12.1 Å². The molecule has 0 radical (unpaired) electrons. The van der Waals surface area contributed by atoms with Gasteiger partial charge < -0.3 is 15.0 Å². The summed E-state index contributed by atoms with van der Waals surface area (Å²) in [6, 6.07) is 18.1. The predicted octanol–water partition coefficient (Wildman–Crippen LogP) is 5.48. The second-order valence-electron chi connectivity index (χ2n) is 7.60. The number of benzene rings is 2. The molecule has 1 N–H and O–H groups in total. The highest BCUT2D eigenvalue weighted by atomic mass is 32.1. The number of nitrogens with one attached hydrogen (secondary N) is 1. The summed E-state index contributed by atoms with van der Waals surface area (Å²) < 4.78 is 5.34. The largest absolute Gasteiger partial charge is 0.497 e. The van der Waals surface area contributed by atoms with Crippen LogP contribution in [-0.4, -0.2) is 24.6 Å². The van der Waals surface area contributed by atoms with Gasteiger partial charge in [0.05, 0.1) is 13.2 Å². The lowest BCUT2D eigenvalue weighted by Crippen LogP contribution is -2.45. The van der Waals surface area contributed by atoms with Crippen LogP contribution in [0, 0.1) is 6.92 Å². The smallest absolute Gasteiger partial charge is 0.318 e. The van der Waals surface area contributed by atoms with Crippen LogP contribution in [0.1, 0.15) is 45.0 Å². The summed E-state index contributed by atoms with van der Waals surface area (Å²) in [4.78, 5) is 17.9. The molecule has 2 aromatic carbocycles. The standard InChI is InChI=1S/C25H28N2O2S/c1-4-21-17(2)30-24-22(21)14-15-27(23(24)19-10-12-20(29-3)13-11-19)25(28)26-16-18-8-6-5-7-9-18/h5-13,23H,4,14-16H2,1-3H3,(H,26,28)/t23-/m0/s1. The Morgan fingerprint density at radius 3 is 2.57 bits per heavy atom. The van der Waals surface area contributed by atoms with E-state index in [2.05, 4.69) is 31.3 Å². The molecule has 0 saturated heterocycles. The minimum absolute atomic E-state index is 0.0191. The topological polar surface area (TPSA) is 41.6 Å². The third-order valence-corrected chi connectivity index (χ3v) is 7.09. The number of urea groups is 1. The molecule has 1 aliphatic heterocycles. The first-order valence-electron chi connectivity index (χ1n) is 10.5. The summed E-state index contributed by atoms with van der Waals surface area (Å²) in [5.41, 5.74) is 5.12. The zero-order valence-corrected chi connectivity index (χ0v) is 18.6. The van der Waals surface area contributed by atoms with Gasteiger partial charge in [-0.05, 0) is 54.2 Å². The Bertz CT molecular complexity index is 1010. The minimum Gasteiger partial charge on any atom is -0.497 e. The number of nitrogens with zero attached hydrogens (tertiary/aromatic N) is 1. The van der Waals surface area contributed by atoms with Crippen molar-refractivity contribution in [3.05, 3.63) is 86.6 Å². The molecule has 0 unspecified atom stereocenters. The van der Waals surface area contributed by atoms with E-state index in [1.54, 1.807) is 7.11 Å². The lowest BCUT2D eigenvalue weighted by Gasteiger charge is -2.36. The molecule has 1 aromatic heterocycles. The summed E-state index contributed by atoms with van der Waals surface area (Å²) in [5.74, 6) is 0.825. The van der Waals surface area contributed by atoms with Crippen LogP contribution in [0.4, 0.5) is 4.79 Å². The second kappa shape index (κ2) is 8.92. The zero-order valence-electron chi connectivity index (χ0n) is 17.8. The molecule has 2 amide bonds. The molecule has 5 heteroatoms. The molecule has 156 valence electrons. The highest BCUT2D eigenvalue weighted by Crippen LogP contribution is 2.43. The number of hydrogen-bond acceptors (Lipinski definition) is 3. The molecule has 1 atom stereocenters. The summed E-state index contributed by atoms with van der Waals surface area (Å²) in [5, 5.41) is 3.12. The molecule has 4 rings (SSSR count). The van der Waals surface area contributed by atoms with Gasteiger partial charge in [-0.25, -0.2) is 4.79 Å². The van der Waals surface area contributed by atoms with E-state index in [4.69, 9.17) is 4.74 Å². The van der Waals surface area contributed by atoms with Crippen LogP contribution in [-0.2, 0) is 19.4 Å². The van der Waals surface area contributed by atoms with Crippen LogP contribution in [0.25, 0.3) is 0 Å². The van der Waals surface area contributed by atoms with E-state index >= 15 is 0 Å². The molecule has 2 heterocycles. The molecular formula is C25H28N2O2S. The summed E-state index contributed by atoms with van der Waals surface area (Å²) >= 11 is 1.84. The first-order valence-corrected chi connectivity index (χ1v) is 11.3. The van der Waals surface area contributed by atoms with Crippen LogP contribution < -0.4 is 10.1 Å². The molecule has 0 aliphatic carbocycles. The molecule has 0 spiro atoms. The van der Waals surface area contributed by atoms with Gasteiger partial charge in [0, 0.05) is 22.8 Å². The van der Waals surface area contributed by atoms with Crippen molar-refractivity contribution in [2.24, 2.45) is 0 Å². The van der Waals surface area contributed by atoms with Crippen molar-refractivity contribution in [3.63, 3.8) is 0 Å². The lowest BCUT2D eigenvalue weighted by molar-refractivity contribution is 0.181. The van der Waals surface area contributed by atoms with Gasteiger partial charge in [-0.15, -0.1) is 11.3 Å². The van der Waals surface area contributed by atoms with Gasteiger partial charge in [0.15, 0.2) is 0 Å². The number of thiophene rings is 1. The van der Waals surface area contributed by atoms with Gasteiger partial charge in [0.2, 0.25) is 0 Å². The predicted molar refractivity (Wildman–Crippen MR) is 122 cm³/mol. The Morgan fingerprint density at radius 2 is 1.90 bits per heavy atom. The summed E-state index contributed by atoms with van der Waals surface area (Å²) in [6.07, 6.45) is 1.95. The maximum atomic E-state index is 13.2. The van der Waals surface area contributed by atoms with Gasteiger partial charge in [0.25, 0.3) is 0 Å². The highest BCUT2D eigenvalue weighted by molar-refractivity contribution is 7.12. The fourth-order valence-corrected chi connectivity index (χ4v) is 5.76. The fraction of sp³-hybridized carbons (Fsp3) is 0.320. The minimum atomic E-state index is -0.0700. The molecule has 4 nitrogen and oxygen atoms in total. The third kappa shape index (κ3) is 3.94. The van der Waals surface area contributed by atoms with Gasteiger partial charge in [0.1, 0.15) is 5.75 Å². The molecule has 0 fully saturated rings. The van der Waals surface area contributed by atoms with Crippen molar-refractivity contribution in [2.45, 2.75) is 39.3 Å². The zero-order chi connectivity index (χ0) is 21.1. The average molecular weight is 421 g/mol. The van der Waals surface area contributed by atoms with Crippen LogP contribution in [0.5, 0.6) is 5.75 Å². The van der Waals surface area contributed by atoms with E-state index in [1.165, 1.54) is 20.9 Å². The number of carbonyl (C=O) groups is 1. The number of aryl methyl sites for hydroxylation is 1. The molecular weight excluding hydrogens is 392 g/mol. The molecule has 30 heavy (non-hydrogen) atoms. The first-order chi connectivity index (χ1) is 14.6. The van der Waals surface area contributed by atoms with Gasteiger partial charge in [-0.3, -0.25) is 0 Å². The third-order valence-electron chi connectivity index (χ3n) is 5.84. The van der Waals surface area contributed by atoms with Crippen LogP contribution >= 0.6 is 11.3 Å². The number of rotatable bonds is 5. The number of methoxy groups -OCH3 is 1. The second-order valence-corrected chi connectivity index (χ2v) is 8.85. The first kappa shape index (κ1) is 20.5. The maximum Gasteiger partial charge on any atom is 0.318 e. The average Bonchev–Trinajstić information content (AvgIpc) is 3.12. The van der Waals surface area contributed by atoms with E-state index in [1.807, 2.05) is 58.7 Å². The van der Waals surface area contributed by atoms with E-state index in [0.717, 1.165) is 29.7 Å². The number of ether oxygens (including phenoxy) is 1. The quantitative estimate of drug-likeness (QED) is 0.593. The number of amides is 2. The van der Waals surface area contributed by atoms with Crippen molar-refractivity contribution >= 4 is 17.4 Å². The summed E-state index contributed by atoms with van der Waals surface area (Å²) in [7, 11) is 1.67. The molecule has 0 bridgehead atoms. The van der Waals surface area contributed by atoms with Crippen molar-refractivity contribution in [3.8, 4) is 5.75 Å². The molecule has 1 aliphatic rings. The summed E-state index contributed by atoms with van der Waals surface area (Å²) in [6.45, 7) is 5.67. The SMILES string of the molecule is CCc1c(C)sc2c1CCN(C(=O)NCc1ccccc1)[C@H]2c1ccc(OC)cc1. The van der Waals surface area contributed by atoms with Gasteiger partial charge >= 0.3 is 6.03 Å².